The van der Waals surface area contributed by atoms with E-state index in [1.165, 1.54) is 33.0 Å². The van der Waals surface area contributed by atoms with Gasteiger partial charge in [0.2, 0.25) is 0 Å². The number of hydrogen-bond acceptors (Lipinski definition) is 4. The van der Waals surface area contributed by atoms with Crippen molar-refractivity contribution in [3.8, 4) is 39.3 Å². The fourth-order valence-corrected chi connectivity index (χ4v) is 8.52. The fraction of sp³-hybridized carbons (Fsp3) is 0.0652. The quantitative estimate of drug-likeness (QED) is 0.190. The van der Waals surface area contributed by atoms with Crippen molar-refractivity contribution in [1.82, 2.24) is 19.5 Å². The Hall–Kier alpha value is -6.59. The van der Waals surface area contributed by atoms with E-state index >= 15 is 0 Å². The van der Waals surface area contributed by atoms with Gasteiger partial charge in [-0.2, -0.15) is 0 Å². The number of aromatic nitrogens is 4. The van der Waals surface area contributed by atoms with Crippen LogP contribution in [-0.4, -0.2) is 19.5 Å². The van der Waals surface area contributed by atoms with E-state index in [1.54, 1.807) is 12.4 Å². The summed E-state index contributed by atoms with van der Waals surface area (Å²) in [5.74, 6) is 0.636. The van der Waals surface area contributed by atoms with Crippen molar-refractivity contribution in [3.05, 3.63) is 157 Å². The predicted molar refractivity (Wildman–Crippen MR) is 207 cm³/mol. The number of rotatable bonds is 3. The second kappa shape index (κ2) is 10.2. The third-order valence-corrected chi connectivity index (χ3v) is 10.9. The lowest BCUT2D eigenvalue weighted by Crippen LogP contribution is -2.14. The molecular weight excluding hydrogens is 625 g/mol. The monoisotopic (exact) mass is 654 g/mol. The van der Waals surface area contributed by atoms with Gasteiger partial charge < -0.3 is 8.98 Å². The lowest BCUT2D eigenvalue weighted by atomic mass is 9.82. The van der Waals surface area contributed by atoms with Crippen molar-refractivity contribution in [2.24, 2.45) is 0 Å². The zero-order valence-corrected chi connectivity index (χ0v) is 28.1. The van der Waals surface area contributed by atoms with Crippen LogP contribution in [0.25, 0.3) is 94.1 Å². The van der Waals surface area contributed by atoms with Crippen LogP contribution in [0.3, 0.4) is 0 Å². The molecule has 6 aromatic carbocycles. The molecule has 240 valence electrons. The Morgan fingerprint density at radius 3 is 2.27 bits per heavy atom. The summed E-state index contributed by atoms with van der Waals surface area (Å²) in [7, 11) is 0. The molecule has 5 heteroatoms. The lowest BCUT2D eigenvalue weighted by molar-refractivity contribution is 0.661. The van der Waals surface area contributed by atoms with Crippen molar-refractivity contribution in [3.63, 3.8) is 0 Å². The molecule has 0 atom stereocenters. The zero-order valence-electron chi connectivity index (χ0n) is 28.1. The van der Waals surface area contributed by atoms with Crippen molar-refractivity contribution < 1.29 is 4.42 Å². The summed E-state index contributed by atoms with van der Waals surface area (Å²) >= 11 is 0. The molecule has 11 rings (SSSR count). The fourth-order valence-electron chi connectivity index (χ4n) is 8.52. The first-order valence-corrected chi connectivity index (χ1v) is 17.4. The number of hydrogen-bond donors (Lipinski definition) is 0. The molecule has 4 aromatic heterocycles. The van der Waals surface area contributed by atoms with Crippen molar-refractivity contribution in [2.75, 3.05) is 0 Å². The van der Waals surface area contributed by atoms with Crippen molar-refractivity contribution in [1.29, 1.82) is 0 Å². The van der Waals surface area contributed by atoms with E-state index in [9.17, 15) is 0 Å². The highest BCUT2D eigenvalue weighted by molar-refractivity contribution is 6.16. The first-order chi connectivity index (χ1) is 25.1. The number of benzene rings is 6. The molecule has 0 N–H and O–H groups in total. The summed E-state index contributed by atoms with van der Waals surface area (Å²) < 4.78 is 9.53. The summed E-state index contributed by atoms with van der Waals surface area (Å²) in [5.41, 5.74) is 14.7. The van der Waals surface area contributed by atoms with Crippen LogP contribution in [0.4, 0.5) is 0 Å². The van der Waals surface area contributed by atoms with Crippen LogP contribution < -0.4 is 0 Å². The minimum atomic E-state index is -0.0844. The Kier molecular flexibility index (Phi) is 5.66. The van der Waals surface area contributed by atoms with E-state index in [0.717, 1.165) is 66.4 Å². The highest BCUT2D eigenvalue weighted by Crippen LogP contribution is 2.51. The van der Waals surface area contributed by atoms with E-state index < -0.39 is 0 Å². The van der Waals surface area contributed by atoms with Crippen LogP contribution in [0.15, 0.2) is 150 Å². The molecule has 0 aliphatic heterocycles. The number of fused-ring (bicyclic) bond motifs is 10. The molecule has 0 bridgehead atoms. The van der Waals surface area contributed by atoms with E-state index in [4.69, 9.17) is 14.4 Å². The molecule has 5 nitrogen and oxygen atoms in total. The normalized spacial score (nSPS) is 13.5. The highest BCUT2D eigenvalue weighted by atomic mass is 16.3. The predicted octanol–water partition coefficient (Wildman–Crippen LogP) is 11.7. The molecule has 1 aliphatic carbocycles. The van der Waals surface area contributed by atoms with Gasteiger partial charge in [0, 0.05) is 44.3 Å². The molecule has 0 saturated carbocycles. The van der Waals surface area contributed by atoms with Gasteiger partial charge in [0.05, 0.1) is 28.4 Å². The third kappa shape index (κ3) is 3.89. The van der Waals surface area contributed by atoms with Gasteiger partial charge in [0.15, 0.2) is 11.4 Å². The van der Waals surface area contributed by atoms with E-state index in [-0.39, 0.29) is 5.41 Å². The van der Waals surface area contributed by atoms with Gasteiger partial charge in [-0.15, -0.1) is 0 Å². The van der Waals surface area contributed by atoms with E-state index in [0.29, 0.717) is 5.82 Å². The maximum absolute atomic E-state index is 7.13. The molecule has 51 heavy (non-hydrogen) atoms. The van der Waals surface area contributed by atoms with Crippen LogP contribution in [-0.2, 0) is 5.41 Å². The molecule has 0 radical (unpaired) electrons. The maximum Gasteiger partial charge on any atom is 0.160 e. The second-order valence-corrected chi connectivity index (χ2v) is 14.0. The molecular formula is C46H30N4O. The van der Waals surface area contributed by atoms with Crippen LogP contribution in [0.1, 0.15) is 25.0 Å². The zero-order chi connectivity index (χ0) is 33.8. The molecule has 0 saturated heterocycles. The standard InChI is InChI=1S/C46H30N4O/c1-46(2)35-17-8-6-14-28(35)33-25-41-34(24-36(33)46)29-15-7-9-19-39(29)50(41)40-20-10-16-30-31-21-22-32(45-48-26-38-37(49-45)18-11-23-47-38)42(44(31)51-43(30)40)27-12-4-3-5-13-27/h3-26H,1-2H3. The summed E-state index contributed by atoms with van der Waals surface area (Å²) in [6, 6.07) is 47.5. The van der Waals surface area contributed by atoms with Crippen molar-refractivity contribution >= 4 is 54.8 Å². The summed E-state index contributed by atoms with van der Waals surface area (Å²) in [6.45, 7) is 4.69. The molecule has 0 amide bonds. The summed E-state index contributed by atoms with van der Waals surface area (Å²) in [5, 5.41) is 4.58. The van der Waals surface area contributed by atoms with Gasteiger partial charge in [-0.1, -0.05) is 98.8 Å². The third-order valence-electron chi connectivity index (χ3n) is 10.9. The molecule has 0 fully saturated rings. The molecule has 1 aliphatic rings. The van der Waals surface area contributed by atoms with Gasteiger partial charge in [-0.05, 0) is 76.3 Å². The highest BCUT2D eigenvalue weighted by Gasteiger charge is 2.36. The number of pyridine rings is 1. The van der Waals surface area contributed by atoms with Gasteiger partial charge in [-0.3, -0.25) is 4.98 Å². The lowest BCUT2D eigenvalue weighted by Gasteiger charge is -2.21. The minimum absolute atomic E-state index is 0.0844. The Morgan fingerprint density at radius 1 is 0.549 bits per heavy atom. The first kappa shape index (κ1) is 28.3. The average molecular weight is 655 g/mol. The summed E-state index contributed by atoms with van der Waals surface area (Å²) in [4.78, 5) is 14.2. The SMILES string of the molecule is CC1(C)c2ccccc2-c2cc3c(cc21)c1ccccc1n3-c1cccc2c1oc1c(-c3ccccc3)c(-c3ncc4ncccc4n3)ccc12. The number of para-hydroxylation sites is 2. The molecule has 0 unspecified atom stereocenters. The van der Waals surface area contributed by atoms with Gasteiger partial charge in [-0.25, -0.2) is 9.97 Å². The second-order valence-electron chi connectivity index (χ2n) is 14.0. The van der Waals surface area contributed by atoms with Gasteiger partial charge in [0.1, 0.15) is 11.1 Å². The largest absolute Gasteiger partial charge is 0.453 e. The summed E-state index contributed by atoms with van der Waals surface area (Å²) in [6.07, 6.45) is 3.56. The maximum atomic E-state index is 7.13. The topological polar surface area (TPSA) is 56.7 Å². The van der Waals surface area contributed by atoms with E-state index in [1.807, 2.05) is 18.2 Å². The van der Waals surface area contributed by atoms with E-state index in [2.05, 4.69) is 139 Å². The Balaban J connectivity index is 1.22. The van der Waals surface area contributed by atoms with Crippen LogP contribution in [0.5, 0.6) is 0 Å². The number of furan rings is 1. The molecule has 4 heterocycles. The molecule has 10 aromatic rings. The Labute approximate surface area is 293 Å². The average Bonchev–Trinajstić information content (AvgIpc) is 3.79. The van der Waals surface area contributed by atoms with Crippen LogP contribution >= 0.6 is 0 Å². The van der Waals surface area contributed by atoms with Crippen molar-refractivity contribution in [2.45, 2.75) is 19.3 Å². The van der Waals surface area contributed by atoms with Gasteiger partial charge >= 0.3 is 0 Å². The Morgan fingerprint density at radius 2 is 1.35 bits per heavy atom. The first-order valence-electron chi connectivity index (χ1n) is 17.4. The smallest absolute Gasteiger partial charge is 0.160 e. The van der Waals surface area contributed by atoms with Crippen LogP contribution in [0.2, 0.25) is 0 Å². The minimum Gasteiger partial charge on any atom is -0.453 e. The van der Waals surface area contributed by atoms with Crippen LogP contribution in [0, 0.1) is 0 Å². The van der Waals surface area contributed by atoms with Gasteiger partial charge in [0.25, 0.3) is 0 Å². The Bertz CT molecular complexity index is 3060. The number of nitrogens with zero attached hydrogens (tertiary/aromatic N) is 4. The molecule has 0 spiro atoms.